The van der Waals surface area contributed by atoms with Gasteiger partial charge in [-0.25, -0.2) is 9.69 Å². The summed E-state index contributed by atoms with van der Waals surface area (Å²) in [5.74, 6) is -0.906. The van der Waals surface area contributed by atoms with Crippen molar-refractivity contribution in [2.45, 2.75) is 32.4 Å². The Kier molecular flexibility index (Phi) is 7.33. The maximum absolute atomic E-state index is 12.3. The highest BCUT2D eigenvalue weighted by atomic mass is 16.6. The molecule has 1 rings (SSSR count). The first-order valence-electron chi connectivity index (χ1n) is 7.87. The second-order valence-corrected chi connectivity index (χ2v) is 6.31. The van der Waals surface area contributed by atoms with Crippen molar-refractivity contribution < 1.29 is 29.0 Å². The largest absolute Gasteiger partial charge is 0.508 e. The molecule has 0 unspecified atom stereocenters. The molecular formula is C18H24N2O6. The zero-order valence-corrected chi connectivity index (χ0v) is 15.5. The monoisotopic (exact) mass is 364 g/mol. The summed E-state index contributed by atoms with van der Waals surface area (Å²) in [6.45, 7) is 5.01. The maximum Gasteiger partial charge on any atom is 0.421 e. The minimum absolute atomic E-state index is 0.116. The number of hydrogen-bond acceptors (Lipinski definition) is 7. The van der Waals surface area contributed by atoms with Crippen LogP contribution in [0.4, 0.5) is 10.5 Å². The van der Waals surface area contributed by atoms with Gasteiger partial charge in [0.25, 0.3) is 0 Å². The molecule has 2 N–H and O–H groups in total. The number of amides is 2. The van der Waals surface area contributed by atoms with Crippen molar-refractivity contribution >= 4 is 29.9 Å². The molecule has 2 amide bonds. The third kappa shape index (κ3) is 5.59. The van der Waals surface area contributed by atoms with E-state index >= 15 is 0 Å². The first-order valence-corrected chi connectivity index (χ1v) is 7.87. The standard InChI is InChI=1S/C18H24N2O6/c1-18(2,3)26-17(24)20(11-21)14-9-7-6-8-12(14)15(22)10-13(19-4)16(23)25-5/h6-11,13,19,22H,1-5H3/b15-10-/t13-/m0/s1. The lowest BCUT2D eigenvalue weighted by Gasteiger charge is -2.25. The summed E-state index contributed by atoms with van der Waals surface area (Å²) in [7, 11) is 2.75. The van der Waals surface area contributed by atoms with E-state index < -0.39 is 23.7 Å². The Balaban J connectivity index is 3.29. The molecule has 0 aliphatic rings. The number of aliphatic hydroxyl groups excluding tert-OH is 1. The van der Waals surface area contributed by atoms with Crippen LogP contribution < -0.4 is 10.2 Å². The first kappa shape index (κ1) is 21.2. The molecule has 0 aliphatic heterocycles. The van der Waals surface area contributed by atoms with Crippen molar-refractivity contribution in [3.63, 3.8) is 0 Å². The van der Waals surface area contributed by atoms with Gasteiger partial charge in [0.05, 0.1) is 12.8 Å². The molecule has 1 aromatic rings. The predicted octanol–water partition coefficient (Wildman–Crippen LogP) is 2.24. The maximum atomic E-state index is 12.3. The molecule has 142 valence electrons. The second kappa shape index (κ2) is 9.00. The predicted molar refractivity (Wildman–Crippen MR) is 96.7 cm³/mol. The van der Waals surface area contributed by atoms with E-state index in [9.17, 15) is 19.5 Å². The van der Waals surface area contributed by atoms with Crippen molar-refractivity contribution in [3.05, 3.63) is 35.9 Å². The van der Waals surface area contributed by atoms with Gasteiger partial charge < -0.3 is 19.9 Å². The average Bonchev–Trinajstić information content (AvgIpc) is 2.58. The Morgan fingerprint density at radius 1 is 1.27 bits per heavy atom. The minimum Gasteiger partial charge on any atom is -0.508 e. The number of imide groups is 1. The van der Waals surface area contributed by atoms with Crippen LogP contribution in [0.1, 0.15) is 26.3 Å². The molecule has 1 atom stereocenters. The quantitative estimate of drug-likeness (QED) is 0.453. The van der Waals surface area contributed by atoms with Crippen molar-refractivity contribution in [2.24, 2.45) is 0 Å². The Hall–Kier alpha value is -2.87. The lowest BCUT2D eigenvalue weighted by atomic mass is 10.1. The smallest absolute Gasteiger partial charge is 0.421 e. The van der Waals surface area contributed by atoms with E-state index in [-0.39, 0.29) is 17.0 Å². The Morgan fingerprint density at radius 3 is 2.38 bits per heavy atom. The first-order chi connectivity index (χ1) is 12.1. The molecule has 8 heteroatoms. The van der Waals surface area contributed by atoms with E-state index in [1.807, 2.05) is 0 Å². The summed E-state index contributed by atoms with van der Waals surface area (Å²) in [5, 5.41) is 13.1. The van der Waals surface area contributed by atoms with Crippen LogP contribution in [-0.4, -0.2) is 49.4 Å². The number of nitrogens with zero attached hydrogens (tertiary/aromatic N) is 1. The molecule has 8 nitrogen and oxygen atoms in total. The Morgan fingerprint density at radius 2 is 1.88 bits per heavy atom. The lowest BCUT2D eigenvalue weighted by Crippen LogP contribution is -2.36. The molecule has 0 fully saturated rings. The second-order valence-electron chi connectivity index (χ2n) is 6.31. The number of carbonyl (C=O) groups is 3. The van der Waals surface area contributed by atoms with Gasteiger partial charge in [-0.15, -0.1) is 0 Å². The van der Waals surface area contributed by atoms with Gasteiger partial charge in [0.15, 0.2) is 0 Å². The molecule has 0 saturated heterocycles. The van der Waals surface area contributed by atoms with Crippen LogP contribution in [0.15, 0.2) is 30.3 Å². The molecule has 26 heavy (non-hydrogen) atoms. The highest BCUT2D eigenvalue weighted by Crippen LogP contribution is 2.27. The third-order valence-electron chi connectivity index (χ3n) is 3.23. The number of anilines is 1. The summed E-state index contributed by atoms with van der Waals surface area (Å²) >= 11 is 0. The fourth-order valence-corrected chi connectivity index (χ4v) is 2.05. The zero-order chi connectivity index (χ0) is 19.9. The van der Waals surface area contributed by atoms with Crippen LogP contribution in [0.25, 0.3) is 5.76 Å². The number of likely N-dealkylation sites (N-methyl/N-ethyl adjacent to an activating group) is 1. The molecule has 0 radical (unpaired) electrons. The number of methoxy groups -OCH3 is 1. The number of rotatable bonds is 6. The SMILES string of the molecule is CN[C@@H](/C=C(\O)c1ccccc1N(C=O)C(=O)OC(C)(C)C)C(=O)OC. The number of benzene rings is 1. The Labute approximate surface area is 152 Å². The summed E-state index contributed by atoms with van der Waals surface area (Å²) in [4.78, 5) is 36.2. The van der Waals surface area contributed by atoms with E-state index in [1.165, 1.54) is 32.4 Å². The number of hydrogen-bond donors (Lipinski definition) is 2. The summed E-state index contributed by atoms with van der Waals surface area (Å²) in [6.07, 6.45) is 0.643. The highest BCUT2D eigenvalue weighted by molar-refractivity contribution is 6.05. The summed E-state index contributed by atoms with van der Waals surface area (Å²) in [5.41, 5.74) is -0.507. The number of nitrogens with one attached hydrogen (secondary N) is 1. The zero-order valence-electron chi connectivity index (χ0n) is 15.5. The molecule has 0 spiro atoms. The van der Waals surface area contributed by atoms with Gasteiger partial charge in [-0.05, 0) is 46.0 Å². The summed E-state index contributed by atoms with van der Waals surface area (Å²) < 4.78 is 9.84. The number of esters is 1. The fourth-order valence-electron chi connectivity index (χ4n) is 2.05. The van der Waals surface area contributed by atoms with Gasteiger partial charge in [0.1, 0.15) is 17.4 Å². The number of carbonyl (C=O) groups excluding carboxylic acids is 3. The van der Waals surface area contributed by atoms with E-state index in [0.717, 1.165) is 4.90 Å². The average molecular weight is 364 g/mol. The third-order valence-corrected chi connectivity index (χ3v) is 3.23. The lowest BCUT2D eigenvalue weighted by molar-refractivity contribution is -0.141. The van der Waals surface area contributed by atoms with Gasteiger partial charge in [-0.1, -0.05) is 12.1 Å². The van der Waals surface area contributed by atoms with Crippen LogP contribution in [0.5, 0.6) is 0 Å². The van der Waals surface area contributed by atoms with E-state index in [4.69, 9.17) is 4.74 Å². The van der Waals surface area contributed by atoms with Crippen LogP contribution in [0.2, 0.25) is 0 Å². The van der Waals surface area contributed by atoms with Crippen molar-refractivity contribution in [1.29, 1.82) is 0 Å². The molecular weight excluding hydrogens is 340 g/mol. The van der Waals surface area contributed by atoms with E-state index in [1.54, 1.807) is 32.9 Å². The van der Waals surface area contributed by atoms with Crippen molar-refractivity contribution in [1.82, 2.24) is 5.32 Å². The number of aliphatic hydroxyl groups is 1. The topological polar surface area (TPSA) is 105 Å². The van der Waals surface area contributed by atoms with Gasteiger partial charge in [0.2, 0.25) is 6.41 Å². The number of ether oxygens (including phenoxy) is 2. The van der Waals surface area contributed by atoms with Gasteiger partial charge in [-0.3, -0.25) is 9.59 Å². The van der Waals surface area contributed by atoms with E-state index in [0.29, 0.717) is 6.41 Å². The molecule has 0 heterocycles. The van der Waals surface area contributed by atoms with Gasteiger partial charge in [0, 0.05) is 5.56 Å². The van der Waals surface area contributed by atoms with Gasteiger partial charge >= 0.3 is 12.1 Å². The van der Waals surface area contributed by atoms with Crippen LogP contribution in [-0.2, 0) is 19.1 Å². The molecule has 0 saturated carbocycles. The van der Waals surface area contributed by atoms with Crippen LogP contribution in [0.3, 0.4) is 0 Å². The molecule has 0 bridgehead atoms. The van der Waals surface area contributed by atoms with Gasteiger partial charge in [-0.2, -0.15) is 0 Å². The Bertz CT molecular complexity index is 693. The summed E-state index contributed by atoms with van der Waals surface area (Å²) in [6, 6.07) is 5.30. The van der Waals surface area contributed by atoms with E-state index in [2.05, 4.69) is 10.1 Å². The molecule has 0 aromatic heterocycles. The molecule has 0 aliphatic carbocycles. The molecule has 1 aromatic carbocycles. The van der Waals surface area contributed by atoms with Crippen molar-refractivity contribution in [3.8, 4) is 0 Å². The minimum atomic E-state index is -0.903. The fraction of sp³-hybridized carbons (Fsp3) is 0.389. The van der Waals surface area contributed by atoms with Crippen molar-refractivity contribution in [2.75, 3.05) is 19.1 Å². The van der Waals surface area contributed by atoms with Crippen LogP contribution in [0, 0.1) is 0 Å². The highest BCUT2D eigenvalue weighted by Gasteiger charge is 2.26. The number of para-hydroxylation sites is 1. The van der Waals surface area contributed by atoms with Crippen LogP contribution >= 0.6 is 0 Å². The normalized spacial score (nSPS) is 12.9.